The van der Waals surface area contributed by atoms with E-state index < -0.39 is 0 Å². The van der Waals surface area contributed by atoms with Crippen molar-refractivity contribution in [2.75, 3.05) is 6.26 Å². The molecule has 3 heteroatoms. The van der Waals surface area contributed by atoms with Crippen LogP contribution in [0.25, 0.3) is 0 Å². The number of rotatable bonds is 5. The van der Waals surface area contributed by atoms with Crippen LogP contribution in [0.15, 0.2) is 23.1 Å². The van der Waals surface area contributed by atoms with Gasteiger partial charge in [0, 0.05) is 0 Å². The van der Waals surface area contributed by atoms with Crippen LogP contribution in [0.1, 0.15) is 26.7 Å². The van der Waals surface area contributed by atoms with Crippen molar-refractivity contribution in [3.63, 3.8) is 0 Å². The fourth-order valence-corrected chi connectivity index (χ4v) is 2.01. The van der Waals surface area contributed by atoms with Crippen LogP contribution in [0.5, 0.6) is 11.5 Å². The Morgan fingerprint density at radius 3 is 2.62 bits per heavy atom. The average molecular weight is 238 g/mol. The molecule has 2 nitrogen and oxygen atoms in total. The number of hydrogen-bond donors (Lipinski definition) is 0. The summed E-state index contributed by atoms with van der Waals surface area (Å²) in [6.07, 6.45) is 5.11. The minimum Gasteiger partial charge on any atom is -0.491 e. The third-order valence-electron chi connectivity index (χ3n) is 2.32. The highest BCUT2D eigenvalue weighted by molar-refractivity contribution is 7.98. The van der Waals surface area contributed by atoms with E-state index in [9.17, 15) is 0 Å². The molecule has 0 aliphatic heterocycles. The average Bonchev–Trinajstić information content (AvgIpc) is 3.03. The van der Waals surface area contributed by atoms with Gasteiger partial charge in [0.05, 0.1) is 17.1 Å². The summed E-state index contributed by atoms with van der Waals surface area (Å²) in [6, 6.07) is 6.06. The molecule has 2 rings (SSSR count). The molecule has 0 heterocycles. The molecule has 1 fully saturated rings. The Bertz CT molecular complexity index is 359. The van der Waals surface area contributed by atoms with Crippen LogP contribution in [0.2, 0.25) is 0 Å². The molecule has 0 atom stereocenters. The minimum atomic E-state index is 0.213. The van der Waals surface area contributed by atoms with E-state index in [1.165, 1.54) is 12.8 Å². The molecule has 1 aromatic carbocycles. The van der Waals surface area contributed by atoms with E-state index in [4.69, 9.17) is 9.47 Å². The molecule has 0 radical (unpaired) electrons. The van der Waals surface area contributed by atoms with Gasteiger partial charge in [0.2, 0.25) is 0 Å². The van der Waals surface area contributed by atoms with Gasteiger partial charge in [-0.25, -0.2) is 0 Å². The summed E-state index contributed by atoms with van der Waals surface area (Å²) in [6.45, 7) is 4.07. The fourth-order valence-electron chi connectivity index (χ4n) is 1.46. The van der Waals surface area contributed by atoms with Crippen LogP contribution >= 0.6 is 11.8 Å². The molecule has 0 unspecified atom stereocenters. The van der Waals surface area contributed by atoms with Crippen molar-refractivity contribution in [3.8, 4) is 11.5 Å². The van der Waals surface area contributed by atoms with Crippen LogP contribution in [-0.2, 0) is 0 Å². The summed E-state index contributed by atoms with van der Waals surface area (Å²) in [5.41, 5.74) is 0. The van der Waals surface area contributed by atoms with Gasteiger partial charge in [0.1, 0.15) is 11.5 Å². The van der Waals surface area contributed by atoms with E-state index in [1.54, 1.807) is 11.8 Å². The summed E-state index contributed by atoms with van der Waals surface area (Å²) >= 11 is 1.70. The van der Waals surface area contributed by atoms with Gasteiger partial charge in [0.25, 0.3) is 0 Å². The Hall–Kier alpha value is -0.830. The van der Waals surface area contributed by atoms with Gasteiger partial charge in [-0.1, -0.05) is 0 Å². The molecule has 1 aliphatic rings. The van der Waals surface area contributed by atoms with Crippen LogP contribution in [-0.4, -0.2) is 18.5 Å². The van der Waals surface area contributed by atoms with Crippen LogP contribution in [0.4, 0.5) is 0 Å². The smallest absolute Gasteiger partial charge is 0.133 e. The second-order valence-corrected chi connectivity index (χ2v) is 5.14. The zero-order valence-electron chi connectivity index (χ0n) is 10.0. The van der Waals surface area contributed by atoms with Gasteiger partial charge >= 0.3 is 0 Å². The van der Waals surface area contributed by atoms with Gasteiger partial charge in [0.15, 0.2) is 0 Å². The van der Waals surface area contributed by atoms with Gasteiger partial charge in [-0.2, -0.15) is 0 Å². The number of benzene rings is 1. The van der Waals surface area contributed by atoms with E-state index in [1.807, 2.05) is 26.0 Å². The first-order chi connectivity index (χ1) is 7.69. The fraction of sp³-hybridized carbons (Fsp3) is 0.538. The quantitative estimate of drug-likeness (QED) is 0.728. The van der Waals surface area contributed by atoms with Gasteiger partial charge in [-0.05, 0) is 51.1 Å². The van der Waals surface area contributed by atoms with Gasteiger partial charge in [-0.3, -0.25) is 0 Å². The Morgan fingerprint density at radius 2 is 2.06 bits per heavy atom. The van der Waals surface area contributed by atoms with Crippen LogP contribution in [0, 0.1) is 0 Å². The van der Waals surface area contributed by atoms with Crippen LogP contribution < -0.4 is 9.47 Å². The highest BCUT2D eigenvalue weighted by Crippen LogP contribution is 2.35. The topological polar surface area (TPSA) is 18.5 Å². The zero-order chi connectivity index (χ0) is 11.5. The molecule has 0 bridgehead atoms. The Balaban J connectivity index is 2.12. The van der Waals surface area contributed by atoms with Crippen molar-refractivity contribution in [2.24, 2.45) is 0 Å². The van der Waals surface area contributed by atoms with E-state index in [-0.39, 0.29) is 6.10 Å². The third-order valence-corrected chi connectivity index (χ3v) is 3.08. The molecule has 1 aliphatic carbocycles. The summed E-state index contributed by atoms with van der Waals surface area (Å²) < 4.78 is 11.5. The number of thioether (sulfide) groups is 1. The Morgan fingerprint density at radius 1 is 1.31 bits per heavy atom. The monoisotopic (exact) mass is 238 g/mol. The third kappa shape index (κ3) is 3.08. The van der Waals surface area contributed by atoms with Gasteiger partial charge in [-0.15, -0.1) is 11.8 Å². The van der Waals surface area contributed by atoms with Crippen molar-refractivity contribution in [1.29, 1.82) is 0 Å². The van der Waals surface area contributed by atoms with Gasteiger partial charge < -0.3 is 9.47 Å². The number of ether oxygens (including phenoxy) is 2. The molecule has 16 heavy (non-hydrogen) atoms. The molecule has 1 aromatic rings. The molecule has 0 N–H and O–H groups in total. The maximum absolute atomic E-state index is 5.83. The normalized spacial score (nSPS) is 15.2. The molecule has 0 aromatic heterocycles. The summed E-state index contributed by atoms with van der Waals surface area (Å²) in [4.78, 5) is 1.16. The molecular formula is C13H18O2S. The van der Waals surface area contributed by atoms with Crippen molar-refractivity contribution in [1.82, 2.24) is 0 Å². The first-order valence-electron chi connectivity index (χ1n) is 5.70. The Kier molecular flexibility index (Phi) is 3.64. The van der Waals surface area contributed by atoms with E-state index in [0.29, 0.717) is 6.10 Å². The lowest BCUT2D eigenvalue weighted by Gasteiger charge is -2.13. The van der Waals surface area contributed by atoms with Crippen molar-refractivity contribution in [3.05, 3.63) is 18.2 Å². The zero-order valence-corrected chi connectivity index (χ0v) is 10.8. The maximum atomic E-state index is 5.83. The summed E-state index contributed by atoms with van der Waals surface area (Å²) in [5, 5.41) is 0. The van der Waals surface area contributed by atoms with Crippen molar-refractivity contribution in [2.45, 2.75) is 43.8 Å². The lowest BCUT2D eigenvalue weighted by Crippen LogP contribution is -2.05. The highest BCUT2D eigenvalue weighted by Gasteiger charge is 2.24. The molecule has 88 valence electrons. The summed E-state index contributed by atoms with van der Waals surface area (Å²) in [5.74, 6) is 1.91. The second-order valence-electron chi connectivity index (χ2n) is 4.30. The van der Waals surface area contributed by atoms with Crippen molar-refractivity contribution < 1.29 is 9.47 Å². The lowest BCUT2D eigenvalue weighted by atomic mass is 10.3. The first-order valence-corrected chi connectivity index (χ1v) is 6.93. The van der Waals surface area contributed by atoms with Crippen LogP contribution in [0.3, 0.4) is 0 Å². The minimum absolute atomic E-state index is 0.213. The second kappa shape index (κ2) is 5.00. The standard InChI is InChI=1S/C13H18O2S/c1-9(2)14-11-6-7-12(13(8-11)16-3)15-10-4-5-10/h6-10H,4-5H2,1-3H3. The molecule has 0 amide bonds. The molecule has 1 saturated carbocycles. The SMILES string of the molecule is CSc1cc(OC(C)C)ccc1OC1CC1. The lowest BCUT2D eigenvalue weighted by molar-refractivity contribution is 0.240. The van der Waals surface area contributed by atoms with E-state index in [2.05, 4.69) is 12.3 Å². The predicted molar refractivity (Wildman–Crippen MR) is 67.6 cm³/mol. The van der Waals surface area contributed by atoms with E-state index >= 15 is 0 Å². The predicted octanol–water partition coefficient (Wildman–Crippen LogP) is 3.74. The van der Waals surface area contributed by atoms with Crippen molar-refractivity contribution >= 4 is 11.8 Å². The highest BCUT2D eigenvalue weighted by atomic mass is 32.2. The van der Waals surface area contributed by atoms with E-state index in [0.717, 1.165) is 16.4 Å². The first kappa shape index (κ1) is 11.6. The number of hydrogen-bond acceptors (Lipinski definition) is 3. The largest absolute Gasteiger partial charge is 0.491 e. The summed E-state index contributed by atoms with van der Waals surface area (Å²) in [7, 11) is 0. The molecular weight excluding hydrogens is 220 g/mol. The Labute approximate surface area is 101 Å². The molecule has 0 spiro atoms. The molecule has 0 saturated heterocycles. The maximum Gasteiger partial charge on any atom is 0.133 e.